The van der Waals surface area contributed by atoms with Crippen molar-refractivity contribution in [3.63, 3.8) is 0 Å². The van der Waals surface area contributed by atoms with Gasteiger partial charge in [0.05, 0.1) is 0 Å². The maximum Gasteiger partial charge on any atom is 0.118 e. The molecule has 58 valence electrons. The fourth-order valence-corrected chi connectivity index (χ4v) is 1.74. The Morgan fingerprint density at radius 1 is 1.00 bits per heavy atom. The van der Waals surface area contributed by atoms with Gasteiger partial charge in [0.1, 0.15) is 5.72 Å². The summed E-state index contributed by atoms with van der Waals surface area (Å²) in [6, 6.07) is 0. The molecule has 0 atom stereocenters. The second-order valence-corrected chi connectivity index (χ2v) is 3.53. The van der Waals surface area contributed by atoms with Crippen molar-refractivity contribution < 1.29 is 5.11 Å². The van der Waals surface area contributed by atoms with Gasteiger partial charge < -0.3 is 5.11 Å². The fourth-order valence-electron chi connectivity index (χ4n) is 1.74. The first-order chi connectivity index (χ1) is 4.81. The number of aliphatic hydroxyl groups is 1. The van der Waals surface area contributed by atoms with Crippen molar-refractivity contribution in [1.29, 1.82) is 0 Å². The van der Waals surface area contributed by atoms with Gasteiger partial charge >= 0.3 is 0 Å². The van der Waals surface area contributed by atoms with E-state index in [1.165, 1.54) is 19.3 Å². The molecule has 0 radical (unpaired) electrons. The van der Waals surface area contributed by atoms with E-state index >= 15 is 0 Å². The third-order valence-corrected chi connectivity index (χ3v) is 2.64. The lowest BCUT2D eigenvalue weighted by Crippen LogP contribution is -2.40. The summed E-state index contributed by atoms with van der Waals surface area (Å²) in [5.74, 6) is 0. The number of piperidine rings is 1. The van der Waals surface area contributed by atoms with E-state index in [-0.39, 0.29) is 5.72 Å². The average molecular weight is 141 g/mol. The van der Waals surface area contributed by atoms with Gasteiger partial charge in [-0.1, -0.05) is 6.42 Å². The molecule has 0 unspecified atom stereocenters. The molecule has 2 heteroatoms. The van der Waals surface area contributed by atoms with Crippen molar-refractivity contribution in [3.8, 4) is 0 Å². The molecule has 1 heterocycles. The molecule has 0 bridgehead atoms. The van der Waals surface area contributed by atoms with Crippen molar-refractivity contribution in [2.24, 2.45) is 0 Å². The average Bonchev–Trinajstić information content (AvgIpc) is 2.72. The van der Waals surface area contributed by atoms with Crippen LogP contribution in [0.2, 0.25) is 0 Å². The molecule has 2 nitrogen and oxygen atoms in total. The van der Waals surface area contributed by atoms with Crippen LogP contribution in [0.5, 0.6) is 0 Å². The van der Waals surface area contributed by atoms with Gasteiger partial charge in [-0.3, -0.25) is 4.90 Å². The zero-order valence-corrected chi connectivity index (χ0v) is 6.34. The third kappa shape index (κ3) is 1.06. The molecular formula is C8H15NO. The molecule has 0 aromatic rings. The van der Waals surface area contributed by atoms with Gasteiger partial charge in [0.25, 0.3) is 0 Å². The van der Waals surface area contributed by atoms with Crippen LogP contribution in [0.1, 0.15) is 32.1 Å². The quantitative estimate of drug-likeness (QED) is 0.588. The highest BCUT2D eigenvalue weighted by Gasteiger charge is 2.45. The summed E-state index contributed by atoms with van der Waals surface area (Å²) in [4.78, 5) is 2.25. The zero-order valence-electron chi connectivity index (χ0n) is 6.34. The van der Waals surface area contributed by atoms with Crippen LogP contribution in [0, 0.1) is 0 Å². The predicted molar refractivity (Wildman–Crippen MR) is 39.6 cm³/mol. The number of hydrogen-bond donors (Lipinski definition) is 1. The Bertz CT molecular complexity index is 125. The maximum atomic E-state index is 9.68. The fraction of sp³-hybridized carbons (Fsp3) is 1.00. The minimum atomic E-state index is -0.347. The van der Waals surface area contributed by atoms with Gasteiger partial charge in [0.2, 0.25) is 0 Å². The summed E-state index contributed by atoms with van der Waals surface area (Å²) in [7, 11) is 0. The summed E-state index contributed by atoms with van der Waals surface area (Å²) in [6.45, 7) is 2.24. The number of nitrogens with zero attached hydrogens (tertiary/aromatic N) is 1. The molecule has 0 amide bonds. The smallest absolute Gasteiger partial charge is 0.118 e. The van der Waals surface area contributed by atoms with Crippen molar-refractivity contribution >= 4 is 0 Å². The zero-order chi connectivity index (χ0) is 7.03. The first-order valence-electron chi connectivity index (χ1n) is 4.29. The molecule has 0 aromatic heterocycles. The van der Waals surface area contributed by atoms with Gasteiger partial charge in [0, 0.05) is 13.1 Å². The highest BCUT2D eigenvalue weighted by atomic mass is 16.3. The first kappa shape index (κ1) is 6.62. The Kier molecular flexibility index (Phi) is 1.46. The lowest BCUT2D eigenvalue weighted by atomic mass is 10.1. The monoisotopic (exact) mass is 141 g/mol. The summed E-state index contributed by atoms with van der Waals surface area (Å²) in [6.07, 6.45) is 5.93. The highest BCUT2D eigenvalue weighted by molar-refractivity contribution is 4.93. The van der Waals surface area contributed by atoms with Crippen molar-refractivity contribution in [2.75, 3.05) is 13.1 Å². The van der Waals surface area contributed by atoms with Crippen LogP contribution >= 0.6 is 0 Å². The summed E-state index contributed by atoms with van der Waals surface area (Å²) >= 11 is 0. The molecule has 1 aliphatic carbocycles. The van der Waals surface area contributed by atoms with E-state index in [2.05, 4.69) is 4.90 Å². The maximum absolute atomic E-state index is 9.68. The minimum Gasteiger partial charge on any atom is -0.376 e. The van der Waals surface area contributed by atoms with E-state index in [0.717, 1.165) is 25.9 Å². The lowest BCUT2D eigenvalue weighted by Gasteiger charge is -2.31. The molecule has 1 saturated heterocycles. The largest absolute Gasteiger partial charge is 0.376 e. The number of likely N-dealkylation sites (tertiary alicyclic amines) is 1. The second-order valence-electron chi connectivity index (χ2n) is 3.53. The Balaban J connectivity index is 1.91. The molecule has 2 aliphatic rings. The topological polar surface area (TPSA) is 23.5 Å². The van der Waals surface area contributed by atoms with E-state index in [1.54, 1.807) is 0 Å². The number of hydrogen-bond acceptors (Lipinski definition) is 2. The molecule has 2 fully saturated rings. The van der Waals surface area contributed by atoms with Crippen LogP contribution in [-0.4, -0.2) is 28.8 Å². The van der Waals surface area contributed by atoms with Gasteiger partial charge in [-0.2, -0.15) is 0 Å². The highest BCUT2D eigenvalue weighted by Crippen LogP contribution is 2.39. The van der Waals surface area contributed by atoms with Crippen LogP contribution < -0.4 is 0 Å². The summed E-state index contributed by atoms with van der Waals surface area (Å²) < 4.78 is 0. The van der Waals surface area contributed by atoms with E-state index in [1.807, 2.05) is 0 Å². The van der Waals surface area contributed by atoms with Gasteiger partial charge in [-0.15, -0.1) is 0 Å². The molecule has 0 aromatic carbocycles. The van der Waals surface area contributed by atoms with Gasteiger partial charge in [-0.05, 0) is 25.7 Å². The molecule has 1 saturated carbocycles. The Morgan fingerprint density at radius 3 is 2.10 bits per heavy atom. The number of rotatable bonds is 1. The lowest BCUT2D eigenvalue weighted by molar-refractivity contribution is -0.0321. The Morgan fingerprint density at radius 2 is 1.60 bits per heavy atom. The molecule has 1 aliphatic heterocycles. The summed E-state index contributed by atoms with van der Waals surface area (Å²) in [5, 5.41) is 9.68. The van der Waals surface area contributed by atoms with E-state index < -0.39 is 0 Å². The molecule has 10 heavy (non-hydrogen) atoms. The Labute approximate surface area is 61.8 Å². The van der Waals surface area contributed by atoms with Gasteiger partial charge in [0.15, 0.2) is 0 Å². The second kappa shape index (κ2) is 2.21. The van der Waals surface area contributed by atoms with E-state index in [4.69, 9.17) is 0 Å². The Hall–Kier alpha value is -0.0800. The van der Waals surface area contributed by atoms with Crippen LogP contribution in [0.15, 0.2) is 0 Å². The van der Waals surface area contributed by atoms with Crippen molar-refractivity contribution in [2.45, 2.75) is 37.8 Å². The van der Waals surface area contributed by atoms with Crippen LogP contribution in [0.3, 0.4) is 0 Å². The first-order valence-corrected chi connectivity index (χ1v) is 4.29. The SMILES string of the molecule is OC1(N2CCCCC2)CC1. The predicted octanol–water partition coefficient (Wildman–Crippen LogP) is 0.955. The normalized spacial score (nSPS) is 32.1. The van der Waals surface area contributed by atoms with E-state index in [0.29, 0.717) is 0 Å². The summed E-state index contributed by atoms with van der Waals surface area (Å²) in [5.41, 5.74) is -0.347. The molecule has 0 spiro atoms. The minimum absolute atomic E-state index is 0.347. The van der Waals surface area contributed by atoms with Crippen molar-refractivity contribution in [1.82, 2.24) is 4.90 Å². The van der Waals surface area contributed by atoms with Crippen molar-refractivity contribution in [3.05, 3.63) is 0 Å². The van der Waals surface area contributed by atoms with Crippen LogP contribution in [0.25, 0.3) is 0 Å². The van der Waals surface area contributed by atoms with Crippen LogP contribution in [0.4, 0.5) is 0 Å². The molecule has 1 N–H and O–H groups in total. The molecular weight excluding hydrogens is 126 g/mol. The third-order valence-electron chi connectivity index (χ3n) is 2.64. The van der Waals surface area contributed by atoms with Gasteiger partial charge in [-0.25, -0.2) is 0 Å². The standard InChI is InChI=1S/C8H15NO/c10-8(4-5-8)9-6-2-1-3-7-9/h10H,1-7H2. The van der Waals surface area contributed by atoms with Crippen LogP contribution in [-0.2, 0) is 0 Å². The molecule has 2 rings (SSSR count). The van der Waals surface area contributed by atoms with E-state index in [9.17, 15) is 5.11 Å².